The molecule has 0 fully saturated rings. The van der Waals surface area contributed by atoms with Crippen LogP contribution in [0.15, 0.2) is 42.5 Å². The summed E-state index contributed by atoms with van der Waals surface area (Å²) in [5, 5.41) is 13.3. The summed E-state index contributed by atoms with van der Waals surface area (Å²) in [5.74, 6) is 6.35. The summed E-state index contributed by atoms with van der Waals surface area (Å²) in [7, 11) is 0. The van der Waals surface area contributed by atoms with Gasteiger partial charge in [-0.2, -0.15) is 0 Å². The van der Waals surface area contributed by atoms with Crippen molar-refractivity contribution in [2.45, 2.75) is 32.3 Å². The van der Waals surface area contributed by atoms with Crippen molar-refractivity contribution in [3.05, 3.63) is 64.4 Å². The number of nitrogens with one attached hydrogen (secondary N) is 2. The molecule has 0 aliphatic heterocycles. The number of rotatable bonds is 5. The van der Waals surface area contributed by atoms with Gasteiger partial charge in [0, 0.05) is 29.1 Å². The number of benzene rings is 2. The Kier molecular flexibility index (Phi) is 6.03. The minimum absolute atomic E-state index is 0.150. The van der Waals surface area contributed by atoms with E-state index in [4.69, 9.17) is 11.6 Å². The first-order chi connectivity index (χ1) is 13.3. The minimum Gasteiger partial charge on any atom is -0.378 e. The smallest absolute Gasteiger partial charge is 0.251 e. The van der Waals surface area contributed by atoms with Crippen LogP contribution in [0, 0.1) is 11.8 Å². The maximum absolute atomic E-state index is 12.3. The fourth-order valence-electron chi connectivity index (χ4n) is 2.68. The van der Waals surface area contributed by atoms with Crippen LogP contribution in [0.2, 0.25) is 5.02 Å². The molecule has 0 saturated carbocycles. The van der Waals surface area contributed by atoms with Crippen molar-refractivity contribution in [3.8, 4) is 11.8 Å². The van der Waals surface area contributed by atoms with Crippen LogP contribution in [0.5, 0.6) is 0 Å². The Morgan fingerprint density at radius 3 is 2.89 bits per heavy atom. The van der Waals surface area contributed by atoms with Gasteiger partial charge in [-0.1, -0.05) is 29.5 Å². The average molecular weight is 396 g/mol. The molecule has 0 aliphatic carbocycles. The van der Waals surface area contributed by atoms with E-state index in [0.29, 0.717) is 22.7 Å². The van der Waals surface area contributed by atoms with Crippen LogP contribution in [-0.2, 0) is 6.42 Å². The third-order valence-electron chi connectivity index (χ3n) is 4.01. The van der Waals surface area contributed by atoms with Gasteiger partial charge in [0.25, 0.3) is 5.91 Å². The van der Waals surface area contributed by atoms with Gasteiger partial charge in [-0.25, -0.2) is 4.98 Å². The van der Waals surface area contributed by atoms with Gasteiger partial charge >= 0.3 is 0 Å². The molecule has 28 heavy (non-hydrogen) atoms. The Morgan fingerprint density at radius 1 is 1.29 bits per heavy atom. The van der Waals surface area contributed by atoms with E-state index in [0.717, 1.165) is 29.7 Å². The summed E-state index contributed by atoms with van der Waals surface area (Å²) in [6.45, 7) is 3.77. The number of hydrogen-bond donors (Lipinski definition) is 3. The zero-order valence-corrected chi connectivity index (χ0v) is 16.6. The van der Waals surface area contributed by atoms with Gasteiger partial charge in [-0.3, -0.25) is 4.79 Å². The highest BCUT2D eigenvalue weighted by Crippen LogP contribution is 2.17. The monoisotopic (exact) mass is 395 g/mol. The van der Waals surface area contributed by atoms with Crippen LogP contribution >= 0.6 is 11.6 Å². The van der Waals surface area contributed by atoms with Crippen LogP contribution in [-0.4, -0.2) is 33.1 Å². The Morgan fingerprint density at radius 2 is 2.11 bits per heavy atom. The molecule has 0 radical (unpaired) electrons. The SMILES string of the molecule is CC(C)(O)C#Cc1cccc(C(=O)NCCCc2nc3ccc(Cl)cc3[nH]2)c1. The molecule has 5 nitrogen and oxygen atoms in total. The van der Waals surface area contributed by atoms with Crippen molar-refractivity contribution >= 4 is 28.5 Å². The molecule has 1 aromatic heterocycles. The Hall–Kier alpha value is -2.81. The van der Waals surface area contributed by atoms with Crippen molar-refractivity contribution in [1.82, 2.24) is 15.3 Å². The molecule has 3 N–H and O–H groups in total. The number of aliphatic hydroxyl groups is 1. The normalized spacial score (nSPS) is 11.1. The molecule has 0 atom stereocenters. The van der Waals surface area contributed by atoms with Crippen molar-refractivity contribution in [3.63, 3.8) is 0 Å². The maximum Gasteiger partial charge on any atom is 0.251 e. The number of halogens is 1. The number of aryl methyl sites for hydroxylation is 1. The van der Waals surface area contributed by atoms with Crippen LogP contribution in [0.3, 0.4) is 0 Å². The predicted octanol–water partition coefficient (Wildman–Crippen LogP) is 3.70. The number of fused-ring (bicyclic) bond motifs is 1. The number of aromatic amines is 1. The van der Waals surface area contributed by atoms with Crippen molar-refractivity contribution in [2.24, 2.45) is 0 Å². The predicted molar refractivity (Wildman–Crippen MR) is 111 cm³/mol. The second kappa shape index (κ2) is 8.47. The highest BCUT2D eigenvalue weighted by atomic mass is 35.5. The number of imidazole rings is 1. The van der Waals surface area contributed by atoms with E-state index in [1.807, 2.05) is 24.3 Å². The first kappa shape index (κ1) is 19.9. The Bertz CT molecular complexity index is 1050. The highest BCUT2D eigenvalue weighted by molar-refractivity contribution is 6.31. The Balaban J connectivity index is 1.53. The second-order valence-electron chi connectivity index (χ2n) is 7.09. The van der Waals surface area contributed by atoms with E-state index in [9.17, 15) is 9.90 Å². The number of amides is 1. The van der Waals surface area contributed by atoms with Crippen LogP contribution in [0.1, 0.15) is 42.0 Å². The molecular formula is C22H22ClN3O2. The molecule has 2 aromatic carbocycles. The lowest BCUT2D eigenvalue weighted by atomic mass is 10.1. The van der Waals surface area contributed by atoms with Gasteiger partial charge in [0.1, 0.15) is 11.4 Å². The second-order valence-corrected chi connectivity index (χ2v) is 7.53. The number of hydrogen-bond acceptors (Lipinski definition) is 3. The quantitative estimate of drug-likeness (QED) is 0.455. The topological polar surface area (TPSA) is 78.0 Å². The molecule has 1 amide bonds. The van der Waals surface area contributed by atoms with Crippen LogP contribution < -0.4 is 5.32 Å². The molecule has 1 heterocycles. The number of carbonyl (C=O) groups excluding carboxylic acids is 1. The van der Waals surface area contributed by atoms with Gasteiger partial charge in [0.05, 0.1) is 11.0 Å². The zero-order chi connectivity index (χ0) is 20.1. The highest BCUT2D eigenvalue weighted by Gasteiger charge is 2.08. The number of H-pyrrole nitrogens is 1. The fourth-order valence-corrected chi connectivity index (χ4v) is 2.85. The lowest BCUT2D eigenvalue weighted by molar-refractivity contribution is 0.0953. The lowest BCUT2D eigenvalue weighted by Gasteiger charge is -2.07. The summed E-state index contributed by atoms with van der Waals surface area (Å²) in [6, 6.07) is 12.6. The lowest BCUT2D eigenvalue weighted by Crippen LogP contribution is -2.24. The first-order valence-electron chi connectivity index (χ1n) is 9.08. The largest absolute Gasteiger partial charge is 0.378 e. The van der Waals surface area contributed by atoms with Crippen molar-refractivity contribution in [2.75, 3.05) is 6.54 Å². The van der Waals surface area contributed by atoms with Gasteiger partial charge in [-0.05, 0) is 56.7 Å². The third kappa shape index (κ3) is 5.59. The minimum atomic E-state index is -1.07. The molecular weight excluding hydrogens is 374 g/mol. The molecule has 0 spiro atoms. The molecule has 0 saturated heterocycles. The molecule has 6 heteroatoms. The van der Waals surface area contributed by atoms with Crippen LogP contribution in [0.25, 0.3) is 11.0 Å². The molecule has 3 rings (SSSR count). The first-order valence-corrected chi connectivity index (χ1v) is 9.46. The van der Waals surface area contributed by atoms with E-state index < -0.39 is 5.60 Å². The Labute approximate surface area is 169 Å². The zero-order valence-electron chi connectivity index (χ0n) is 15.8. The summed E-state index contributed by atoms with van der Waals surface area (Å²) in [4.78, 5) is 20.1. The third-order valence-corrected chi connectivity index (χ3v) is 4.24. The van der Waals surface area contributed by atoms with Crippen molar-refractivity contribution < 1.29 is 9.90 Å². The fraction of sp³-hybridized carbons (Fsp3) is 0.273. The van der Waals surface area contributed by atoms with E-state index in [1.165, 1.54) is 0 Å². The molecule has 0 bridgehead atoms. The molecule has 0 unspecified atom stereocenters. The van der Waals surface area contributed by atoms with Gasteiger partial charge in [-0.15, -0.1) is 0 Å². The molecule has 3 aromatic rings. The standard InChI is InChI=1S/C22H22ClN3O2/c1-22(2,28)11-10-15-5-3-6-16(13-15)21(27)24-12-4-7-20-25-18-9-8-17(23)14-19(18)26-20/h3,5-6,8-9,13-14,28H,4,7,12H2,1-2H3,(H,24,27)(H,25,26). The van der Waals surface area contributed by atoms with Gasteiger partial charge in [0.15, 0.2) is 0 Å². The summed E-state index contributed by atoms with van der Waals surface area (Å²) in [6.07, 6.45) is 1.49. The summed E-state index contributed by atoms with van der Waals surface area (Å²) < 4.78 is 0. The van der Waals surface area contributed by atoms with E-state index in [2.05, 4.69) is 27.1 Å². The summed E-state index contributed by atoms with van der Waals surface area (Å²) in [5.41, 5.74) is 1.96. The van der Waals surface area contributed by atoms with Crippen molar-refractivity contribution in [1.29, 1.82) is 0 Å². The van der Waals surface area contributed by atoms with E-state index in [-0.39, 0.29) is 5.91 Å². The average Bonchev–Trinajstić information content (AvgIpc) is 3.05. The molecule has 144 valence electrons. The van der Waals surface area contributed by atoms with Gasteiger partial charge in [0.2, 0.25) is 0 Å². The maximum atomic E-state index is 12.3. The summed E-state index contributed by atoms with van der Waals surface area (Å²) >= 11 is 5.98. The number of nitrogens with zero attached hydrogens (tertiary/aromatic N) is 1. The molecule has 0 aliphatic rings. The van der Waals surface area contributed by atoms with Crippen LogP contribution in [0.4, 0.5) is 0 Å². The van der Waals surface area contributed by atoms with E-state index >= 15 is 0 Å². The van der Waals surface area contributed by atoms with E-state index in [1.54, 1.807) is 32.0 Å². The van der Waals surface area contributed by atoms with Gasteiger partial charge < -0.3 is 15.4 Å². The number of carbonyl (C=O) groups is 1. The number of aromatic nitrogens is 2.